The second-order valence-electron chi connectivity index (χ2n) is 3.55. The van der Waals surface area contributed by atoms with Crippen LogP contribution in [0.5, 0.6) is 0 Å². The predicted molar refractivity (Wildman–Crippen MR) is 68.4 cm³/mol. The molecule has 0 spiro atoms. The third-order valence-corrected chi connectivity index (χ3v) is 4.33. The van der Waals surface area contributed by atoms with E-state index in [1.807, 2.05) is 0 Å². The number of benzene rings is 1. The van der Waals surface area contributed by atoms with Crippen LogP contribution < -0.4 is 0 Å². The van der Waals surface area contributed by atoms with Gasteiger partial charge < -0.3 is 5.11 Å². The second-order valence-corrected chi connectivity index (χ2v) is 5.54. The number of rotatable bonds is 4. The van der Waals surface area contributed by atoms with Crippen molar-refractivity contribution in [2.75, 3.05) is 0 Å². The SMILES string of the molecule is O=C(O)c1cc(Sc2c(F)cc([N+](=O)[O-])cc2F)cs1. The van der Waals surface area contributed by atoms with E-state index in [1.54, 1.807) is 0 Å². The van der Waals surface area contributed by atoms with Crippen molar-refractivity contribution in [1.29, 1.82) is 0 Å². The highest BCUT2D eigenvalue weighted by Crippen LogP contribution is 2.36. The summed E-state index contributed by atoms with van der Waals surface area (Å²) in [6.07, 6.45) is 0. The highest BCUT2D eigenvalue weighted by molar-refractivity contribution is 7.99. The van der Waals surface area contributed by atoms with Gasteiger partial charge in [-0.3, -0.25) is 10.1 Å². The van der Waals surface area contributed by atoms with Gasteiger partial charge >= 0.3 is 5.97 Å². The third-order valence-electron chi connectivity index (χ3n) is 2.20. The Labute approximate surface area is 119 Å². The van der Waals surface area contributed by atoms with Crippen LogP contribution in [0.25, 0.3) is 0 Å². The summed E-state index contributed by atoms with van der Waals surface area (Å²) in [6.45, 7) is 0. The van der Waals surface area contributed by atoms with E-state index in [0.717, 1.165) is 11.3 Å². The van der Waals surface area contributed by atoms with Crippen molar-refractivity contribution in [2.45, 2.75) is 9.79 Å². The Bertz CT molecular complexity index is 678. The number of carboxylic acid groups (broad SMARTS) is 1. The molecule has 2 aromatic rings. The molecule has 2 rings (SSSR count). The normalized spacial score (nSPS) is 10.5. The summed E-state index contributed by atoms with van der Waals surface area (Å²) in [5.41, 5.74) is -0.680. The van der Waals surface area contributed by atoms with Crippen LogP contribution in [0.4, 0.5) is 14.5 Å². The monoisotopic (exact) mass is 317 g/mol. The zero-order valence-electron chi connectivity index (χ0n) is 9.50. The predicted octanol–water partition coefficient (Wildman–Crippen LogP) is 3.78. The number of hydrogen-bond acceptors (Lipinski definition) is 5. The molecule has 1 aromatic carbocycles. The number of nitro groups is 1. The lowest BCUT2D eigenvalue weighted by molar-refractivity contribution is -0.385. The number of nitro benzene ring substituents is 1. The first-order valence-corrected chi connectivity index (χ1v) is 6.71. The first-order valence-electron chi connectivity index (χ1n) is 5.01. The standard InChI is InChI=1S/C11H5F2NO4S2/c12-7-1-5(14(17)18)2-8(13)10(7)20-6-3-9(11(15)16)19-4-6/h1-4H,(H,15,16). The van der Waals surface area contributed by atoms with Gasteiger partial charge in [-0.2, -0.15) is 0 Å². The van der Waals surface area contributed by atoms with E-state index in [1.165, 1.54) is 11.4 Å². The third kappa shape index (κ3) is 2.94. The fourth-order valence-electron chi connectivity index (χ4n) is 1.35. The molecule has 0 aliphatic heterocycles. The van der Waals surface area contributed by atoms with Crippen molar-refractivity contribution in [1.82, 2.24) is 0 Å². The van der Waals surface area contributed by atoms with Crippen LogP contribution in [-0.4, -0.2) is 16.0 Å². The van der Waals surface area contributed by atoms with E-state index in [-0.39, 0.29) is 4.88 Å². The summed E-state index contributed by atoms with van der Waals surface area (Å²) >= 11 is 1.60. The minimum absolute atomic E-state index is 0.0372. The van der Waals surface area contributed by atoms with Crippen molar-refractivity contribution < 1.29 is 23.6 Å². The smallest absolute Gasteiger partial charge is 0.345 e. The van der Waals surface area contributed by atoms with Crippen molar-refractivity contribution in [3.8, 4) is 0 Å². The highest BCUT2D eigenvalue weighted by Gasteiger charge is 2.19. The van der Waals surface area contributed by atoms with Crippen molar-refractivity contribution in [2.24, 2.45) is 0 Å². The summed E-state index contributed by atoms with van der Waals surface area (Å²) in [6, 6.07) is 2.52. The molecule has 1 aromatic heterocycles. The highest BCUT2D eigenvalue weighted by atomic mass is 32.2. The Balaban J connectivity index is 2.33. The van der Waals surface area contributed by atoms with Gasteiger partial charge in [-0.05, 0) is 6.07 Å². The van der Waals surface area contributed by atoms with Crippen LogP contribution >= 0.6 is 23.1 Å². The van der Waals surface area contributed by atoms with Crippen LogP contribution in [0.15, 0.2) is 33.4 Å². The number of nitrogens with zero attached hydrogens (tertiary/aromatic N) is 1. The number of carbonyl (C=O) groups is 1. The number of hydrogen-bond donors (Lipinski definition) is 1. The molecule has 104 valence electrons. The molecule has 0 amide bonds. The molecule has 0 fully saturated rings. The summed E-state index contributed by atoms with van der Waals surface area (Å²) in [5, 5.41) is 20.6. The minimum atomic E-state index is -1.13. The number of non-ortho nitro benzene ring substituents is 1. The molecule has 1 heterocycles. The molecule has 5 nitrogen and oxygen atoms in total. The summed E-state index contributed by atoms with van der Waals surface area (Å²) in [7, 11) is 0. The number of halogens is 2. The first-order chi connectivity index (χ1) is 9.38. The van der Waals surface area contributed by atoms with Crippen molar-refractivity contribution >= 4 is 34.8 Å². The van der Waals surface area contributed by atoms with Crippen molar-refractivity contribution in [3.05, 3.63) is 50.2 Å². The van der Waals surface area contributed by atoms with Gasteiger partial charge in [0.15, 0.2) is 0 Å². The Morgan fingerprint density at radius 2 is 1.90 bits per heavy atom. The van der Waals surface area contributed by atoms with E-state index >= 15 is 0 Å². The number of thiophene rings is 1. The Morgan fingerprint density at radius 1 is 1.30 bits per heavy atom. The maximum atomic E-state index is 13.6. The van der Waals surface area contributed by atoms with Gasteiger partial charge in [0.2, 0.25) is 0 Å². The van der Waals surface area contributed by atoms with Gasteiger partial charge in [0, 0.05) is 10.3 Å². The van der Waals surface area contributed by atoms with Gasteiger partial charge in [-0.15, -0.1) is 11.3 Å². The van der Waals surface area contributed by atoms with Crippen LogP contribution in [0.1, 0.15) is 9.67 Å². The molecule has 0 radical (unpaired) electrons. The average Bonchev–Trinajstić information content (AvgIpc) is 2.82. The van der Waals surface area contributed by atoms with Crippen LogP contribution in [-0.2, 0) is 0 Å². The zero-order valence-corrected chi connectivity index (χ0v) is 11.1. The van der Waals surface area contributed by atoms with Crippen LogP contribution in [0, 0.1) is 21.7 Å². The molecule has 0 aliphatic rings. The number of aromatic carboxylic acids is 1. The van der Waals surface area contributed by atoms with Gasteiger partial charge in [0.1, 0.15) is 16.5 Å². The van der Waals surface area contributed by atoms with E-state index < -0.39 is 33.1 Å². The Morgan fingerprint density at radius 3 is 2.35 bits per heavy atom. The second kappa shape index (κ2) is 5.55. The molecule has 20 heavy (non-hydrogen) atoms. The van der Waals surface area contributed by atoms with E-state index in [4.69, 9.17) is 5.11 Å². The first kappa shape index (κ1) is 14.4. The van der Waals surface area contributed by atoms with Crippen LogP contribution in [0.2, 0.25) is 0 Å². The fourth-order valence-corrected chi connectivity index (χ4v) is 3.10. The molecule has 0 aliphatic carbocycles. The quantitative estimate of drug-likeness (QED) is 0.685. The van der Waals surface area contributed by atoms with Gasteiger partial charge in [0.05, 0.1) is 22.0 Å². The lowest BCUT2D eigenvalue weighted by Crippen LogP contribution is -1.94. The maximum Gasteiger partial charge on any atom is 0.345 e. The van der Waals surface area contributed by atoms with Crippen LogP contribution in [0.3, 0.4) is 0 Å². The zero-order chi connectivity index (χ0) is 14.9. The van der Waals surface area contributed by atoms with E-state index in [0.29, 0.717) is 28.8 Å². The maximum absolute atomic E-state index is 13.6. The molecule has 0 saturated carbocycles. The van der Waals surface area contributed by atoms with Gasteiger partial charge in [0.25, 0.3) is 5.69 Å². The fraction of sp³-hybridized carbons (Fsp3) is 0. The average molecular weight is 317 g/mol. The van der Waals surface area contributed by atoms with E-state index in [9.17, 15) is 23.7 Å². The Kier molecular flexibility index (Phi) is 4.00. The molecule has 0 unspecified atom stereocenters. The Hall–Kier alpha value is -2.00. The summed E-state index contributed by atoms with van der Waals surface area (Å²) < 4.78 is 27.3. The molecule has 0 atom stereocenters. The lowest BCUT2D eigenvalue weighted by Gasteiger charge is -2.03. The molecule has 9 heteroatoms. The minimum Gasteiger partial charge on any atom is -0.477 e. The van der Waals surface area contributed by atoms with Gasteiger partial charge in [-0.25, -0.2) is 13.6 Å². The molecule has 0 bridgehead atoms. The molecular weight excluding hydrogens is 312 g/mol. The molecule has 0 saturated heterocycles. The lowest BCUT2D eigenvalue weighted by atomic mass is 10.3. The van der Waals surface area contributed by atoms with Gasteiger partial charge in [-0.1, -0.05) is 11.8 Å². The van der Waals surface area contributed by atoms with E-state index in [2.05, 4.69) is 0 Å². The van der Waals surface area contributed by atoms with Crippen molar-refractivity contribution in [3.63, 3.8) is 0 Å². The number of carboxylic acids is 1. The summed E-state index contributed by atoms with van der Waals surface area (Å²) in [5.74, 6) is -3.26. The summed E-state index contributed by atoms with van der Waals surface area (Å²) in [4.78, 5) is 20.2. The topological polar surface area (TPSA) is 80.4 Å². The molecule has 1 N–H and O–H groups in total. The largest absolute Gasteiger partial charge is 0.477 e. The molecular formula is C11H5F2NO4S2.